The molecular formula is C14H19ClN4OS2. The van der Waals surface area contributed by atoms with Crippen LogP contribution in [0.2, 0.25) is 5.02 Å². The number of anilines is 1. The molecule has 4 N–H and O–H groups in total. The summed E-state index contributed by atoms with van der Waals surface area (Å²) >= 11 is 16.4. The smallest absolute Gasteiger partial charge is 0.189 e. The lowest BCUT2D eigenvalue weighted by Gasteiger charge is -2.17. The van der Waals surface area contributed by atoms with E-state index in [0.717, 1.165) is 30.7 Å². The molecule has 0 unspecified atom stereocenters. The van der Waals surface area contributed by atoms with E-state index in [-0.39, 0.29) is 6.10 Å². The molecule has 2 rings (SSSR count). The number of halogens is 1. The molecule has 0 bridgehead atoms. The van der Waals surface area contributed by atoms with Gasteiger partial charge in [-0.2, -0.15) is 0 Å². The number of hydrazine groups is 1. The summed E-state index contributed by atoms with van der Waals surface area (Å²) < 4.78 is 5.51. The molecule has 1 aliphatic rings. The maximum Gasteiger partial charge on any atom is 0.189 e. The van der Waals surface area contributed by atoms with Gasteiger partial charge in [0.2, 0.25) is 0 Å². The third-order valence-electron chi connectivity index (χ3n) is 3.32. The van der Waals surface area contributed by atoms with Crippen molar-refractivity contribution in [3.8, 4) is 0 Å². The number of benzene rings is 1. The molecule has 8 heteroatoms. The molecule has 5 nitrogen and oxygen atoms in total. The third kappa shape index (κ3) is 5.24. The summed E-state index contributed by atoms with van der Waals surface area (Å²) in [5, 5.41) is 7.73. The highest BCUT2D eigenvalue weighted by Gasteiger charge is 2.15. The highest BCUT2D eigenvalue weighted by Crippen LogP contribution is 2.22. The Morgan fingerprint density at radius 3 is 2.82 bits per heavy atom. The van der Waals surface area contributed by atoms with Gasteiger partial charge in [0.15, 0.2) is 10.2 Å². The Balaban J connectivity index is 1.70. The standard InChI is InChI=1S/C14H19ClN4OS2/c1-9-11(15)5-2-6-12(9)17-14(22)19-18-13(21)16-8-10-4-3-7-20-10/h2,5-6,10H,3-4,7-8H2,1H3,(H2,16,18,21)(H2,17,19,22)/t10-/m1/s1. The fourth-order valence-corrected chi connectivity index (χ4v) is 2.54. The van der Waals surface area contributed by atoms with E-state index in [4.69, 9.17) is 40.8 Å². The lowest BCUT2D eigenvalue weighted by atomic mass is 10.2. The maximum absolute atomic E-state index is 6.07. The van der Waals surface area contributed by atoms with Gasteiger partial charge >= 0.3 is 0 Å². The Labute approximate surface area is 146 Å². The Morgan fingerprint density at radius 1 is 1.32 bits per heavy atom. The van der Waals surface area contributed by atoms with E-state index in [1.807, 2.05) is 25.1 Å². The SMILES string of the molecule is Cc1c(Cl)cccc1NC(=S)NNC(=S)NC[C@H]1CCCO1. The first-order chi connectivity index (χ1) is 10.6. The van der Waals surface area contributed by atoms with Crippen LogP contribution in [0.15, 0.2) is 18.2 Å². The molecule has 1 fully saturated rings. The van der Waals surface area contributed by atoms with Crippen LogP contribution < -0.4 is 21.5 Å². The summed E-state index contributed by atoms with van der Waals surface area (Å²) in [7, 11) is 0. The van der Waals surface area contributed by atoms with E-state index >= 15 is 0 Å². The van der Waals surface area contributed by atoms with Gasteiger partial charge in [-0.3, -0.25) is 10.9 Å². The molecule has 1 aromatic carbocycles. The van der Waals surface area contributed by atoms with Crippen molar-refractivity contribution in [1.82, 2.24) is 16.2 Å². The zero-order valence-corrected chi connectivity index (χ0v) is 14.6. The van der Waals surface area contributed by atoms with Crippen molar-refractivity contribution in [3.63, 3.8) is 0 Å². The van der Waals surface area contributed by atoms with E-state index in [2.05, 4.69) is 21.5 Å². The predicted molar refractivity (Wildman–Crippen MR) is 98.3 cm³/mol. The van der Waals surface area contributed by atoms with Gasteiger partial charge in [-0.1, -0.05) is 17.7 Å². The quantitative estimate of drug-likeness (QED) is 0.489. The van der Waals surface area contributed by atoms with Gasteiger partial charge in [-0.15, -0.1) is 0 Å². The van der Waals surface area contributed by atoms with Crippen LogP contribution in [0.1, 0.15) is 18.4 Å². The number of hydrogen-bond acceptors (Lipinski definition) is 3. The molecule has 22 heavy (non-hydrogen) atoms. The first kappa shape index (κ1) is 17.2. The zero-order chi connectivity index (χ0) is 15.9. The van der Waals surface area contributed by atoms with Crippen LogP contribution in [0.25, 0.3) is 0 Å². The Hall–Kier alpha value is -1.15. The fourth-order valence-electron chi connectivity index (χ4n) is 2.07. The lowest BCUT2D eigenvalue weighted by molar-refractivity contribution is 0.114. The monoisotopic (exact) mass is 358 g/mol. The van der Waals surface area contributed by atoms with Gasteiger partial charge in [-0.25, -0.2) is 0 Å². The Bertz CT molecular complexity index is 550. The normalized spacial score (nSPS) is 16.9. The zero-order valence-electron chi connectivity index (χ0n) is 12.2. The Kier molecular flexibility index (Phi) is 6.63. The van der Waals surface area contributed by atoms with Gasteiger partial charge in [0.25, 0.3) is 0 Å². The van der Waals surface area contributed by atoms with Crippen LogP contribution in [-0.4, -0.2) is 29.5 Å². The van der Waals surface area contributed by atoms with Crippen molar-refractivity contribution in [2.75, 3.05) is 18.5 Å². The second-order valence-electron chi connectivity index (χ2n) is 4.96. The van der Waals surface area contributed by atoms with Gasteiger partial charge in [0, 0.05) is 23.9 Å². The molecule has 1 atom stereocenters. The van der Waals surface area contributed by atoms with Crippen molar-refractivity contribution in [3.05, 3.63) is 28.8 Å². The average molecular weight is 359 g/mol. The van der Waals surface area contributed by atoms with E-state index in [1.54, 1.807) is 0 Å². The van der Waals surface area contributed by atoms with E-state index in [9.17, 15) is 0 Å². The number of ether oxygens (including phenoxy) is 1. The van der Waals surface area contributed by atoms with Crippen molar-refractivity contribution in [2.24, 2.45) is 0 Å². The number of thiocarbonyl (C=S) groups is 2. The Morgan fingerprint density at radius 2 is 2.09 bits per heavy atom. The first-order valence-electron chi connectivity index (χ1n) is 7.04. The number of rotatable bonds is 3. The van der Waals surface area contributed by atoms with Crippen LogP contribution in [0.3, 0.4) is 0 Å². The molecule has 0 radical (unpaired) electrons. The molecule has 1 saturated heterocycles. The van der Waals surface area contributed by atoms with E-state index in [0.29, 0.717) is 21.8 Å². The van der Waals surface area contributed by atoms with Gasteiger partial charge in [-0.05, 0) is 61.9 Å². The molecule has 0 spiro atoms. The van der Waals surface area contributed by atoms with E-state index < -0.39 is 0 Å². The van der Waals surface area contributed by atoms with Crippen molar-refractivity contribution < 1.29 is 4.74 Å². The number of nitrogens with one attached hydrogen (secondary N) is 4. The highest BCUT2D eigenvalue weighted by molar-refractivity contribution is 7.80. The van der Waals surface area contributed by atoms with Gasteiger partial charge in [0.1, 0.15) is 0 Å². The maximum atomic E-state index is 6.07. The minimum Gasteiger partial charge on any atom is -0.376 e. The van der Waals surface area contributed by atoms with Gasteiger partial charge < -0.3 is 15.4 Å². The van der Waals surface area contributed by atoms with Crippen LogP contribution in [0.5, 0.6) is 0 Å². The molecule has 1 heterocycles. The topological polar surface area (TPSA) is 57.3 Å². The van der Waals surface area contributed by atoms with Crippen molar-refractivity contribution in [2.45, 2.75) is 25.9 Å². The molecular weight excluding hydrogens is 340 g/mol. The molecule has 0 aliphatic carbocycles. The molecule has 0 amide bonds. The minimum atomic E-state index is 0.235. The summed E-state index contributed by atoms with van der Waals surface area (Å²) in [6.07, 6.45) is 2.41. The lowest BCUT2D eigenvalue weighted by Crippen LogP contribution is -2.49. The molecule has 120 valence electrons. The molecule has 1 aromatic rings. The van der Waals surface area contributed by atoms with Crippen LogP contribution in [0, 0.1) is 6.92 Å². The van der Waals surface area contributed by atoms with Crippen molar-refractivity contribution in [1.29, 1.82) is 0 Å². The molecule has 0 saturated carbocycles. The van der Waals surface area contributed by atoms with Crippen molar-refractivity contribution >= 4 is 51.9 Å². The largest absolute Gasteiger partial charge is 0.376 e. The average Bonchev–Trinajstić information content (AvgIpc) is 3.01. The highest BCUT2D eigenvalue weighted by atomic mass is 35.5. The summed E-state index contributed by atoms with van der Waals surface area (Å²) in [4.78, 5) is 0. The van der Waals surface area contributed by atoms with Crippen LogP contribution in [0.4, 0.5) is 5.69 Å². The second-order valence-corrected chi connectivity index (χ2v) is 6.19. The summed E-state index contributed by atoms with van der Waals surface area (Å²) in [5.41, 5.74) is 7.46. The molecule has 0 aromatic heterocycles. The minimum absolute atomic E-state index is 0.235. The third-order valence-corrected chi connectivity index (χ3v) is 4.18. The van der Waals surface area contributed by atoms with Gasteiger partial charge in [0.05, 0.1) is 6.10 Å². The predicted octanol–water partition coefficient (Wildman–Crippen LogP) is 2.49. The molecule has 1 aliphatic heterocycles. The second kappa shape index (κ2) is 8.47. The summed E-state index contributed by atoms with van der Waals surface area (Å²) in [6.45, 7) is 3.45. The van der Waals surface area contributed by atoms with Crippen LogP contribution in [-0.2, 0) is 4.74 Å². The fraction of sp³-hybridized carbons (Fsp3) is 0.429. The van der Waals surface area contributed by atoms with E-state index in [1.165, 1.54) is 0 Å². The summed E-state index contributed by atoms with van der Waals surface area (Å²) in [6, 6.07) is 5.60. The first-order valence-corrected chi connectivity index (χ1v) is 8.23. The number of hydrogen-bond donors (Lipinski definition) is 4. The summed E-state index contributed by atoms with van der Waals surface area (Å²) in [5.74, 6) is 0. The van der Waals surface area contributed by atoms with Crippen LogP contribution >= 0.6 is 36.0 Å².